The lowest BCUT2D eigenvalue weighted by molar-refractivity contribution is -0.120. The second-order valence-corrected chi connectivity index (χ2v) is 8.45. The molecule has 1 aliphatic rings. The van der Waals surface area contributed by atoms with Crippen LogP contribution in [-0.2, 0) is 14.8 Å². The zero-order chi connectivity index (χ0) is 22.1. The minimum absolute atomic E-state index is 0.226. The molecule has 0 aromatic heterocycles. The number of sulfonamides is 1. The van der Waals surface area contributed by atoms with Gasteiger partial charge in [0.05, 0.1) is 22.7 Å². The van der Waals surface area contributed by atoms with Crippen LogP contribution in [0.5, 0.6) is 0 Å². The normalized spacial score (nSPS) is 18.1. The van der Waals surface area contributed by atoms with Crippen molar-refractivity contribution in [3.63, 3.8) is 0 Å². The molecule has 3 rings (SSSR count). The number of nitrogens with two attached hydrogens (primary N) is 1. The molecule has 160 valence electrons. The van der Waals surface area contributed by atoms with E-state index in [2.05, 4.69) is 5.10 Å². The second kappa shape index (κ2) is 8.07. The number of hydrazone groups is 1. The van der Waals surface area contributed by atoms with Gasteiger partial charge in [0.25, 0.3) is 10.0 Å². The Labute approximate surface area is 171 Å². The third-order valence-electron chi connectivity index (χ3n) is 4.48. The van der Waals surface area contributed by atoms with E-state index in [0.717, 1.165) is 0 Å². The molecule has 0 saturated carbocycles. The molecule has 7 nitrogen and oxygen atoms in total. The van der Waals surface area contributed by atoms with Crippen molar-refractivity contribution in [2.75, 3.05) is 5.01 Å². The lowest BCUT2D eigenvalue weighted by atomic mass is 10.0. The first-order valence-corrected chi connectivity index (χ1v) is 10.4. The molecule has 2 atom stereocenters. The number of hydrogen-bond donors (Lipinski definition) is 2. The van der Waals surface area contributed by atoms with E-state index < -0.39 is 39.9 Å². The number of hydrogen-bond acceptors (Lipinski definition) is 6. The summed E-state index contributed by atoms with van der Waals surface area (Å²) in [5.74, 6) is -0.873. The molecule has 11 heteroatoms. The van der Waals surface area contributed by atoms with Crippen LogP contribution >= 0.6 is 0 Å². The van der Waals surface area contributed by atoms with Crippen molar-refractivity contribution in [2.45, 2.75) is 36.5 Å². The molecular formula is C19H19F3N4O3S. The molecule has 0 fully saturated rings. The third-order valence-corrected chi connectivity index (χ3v) is 5.84. The van der Waals surface area contributed by atoms with E-state index in [4.69, 9.17) is 5.73 Å². The maximum Gasteiger partial charge on any atom is 0.431 e. The number of amides is 1. The highest BCUT2D eigenvalue weighted by Crippen LogP contribution is 2.39. The van der Waals surface area contributed by atoms with E-state index in [9.17, 15) is 26.4 Å². The van der Waals surface area contributed by atoms with Gasteiger partial charge in [0, 0.05) is 6.42 Å². The molecule has 30 heavy (non-hydrogen) atoms. The highest BCUT2D eigenvalue weighted by Gasteiger charge is 2.43. The van der Waals surface area contributed by atoms with Gasteiger partial charge in [-0.3, -0.25) is 9.80 Å². The Bertz CT molecular complexity index is 1050. The summed E-state index contributed by atoms with van der Waals surface area (Å²) >= 11 is 0. The quantitative estimate of drug-likeness (QED) is 0.744. The fourth-order valence-electron chi connectivity index (χ4n) is 2.92. The van der Waals surface area contributed by atoms with Gasteiger partial charge >= 0.3 is 6.18 Å². The molecule has 0 radical (unpaired) electrons. The fraction of sp³-hybridized carbons (Fsp3) is 0.263. The van der Waals surface area contributed by atoms with Crippen molar-refractivity contribution in [3.05, 3.63) is 60.2 Å². The number of nitrogens with one attached hydrogen (secondary N) is 1. The Balaban J connectivity index is 1.92. The van der Waals surface area contributed by atoms with Crippen molar-refractivity contribution >= 4 is 27.3 Å². The zero-order valence-electron chi connectivity index (χ0n) is 15.8. The van der Waals surface area contributed by atoms with Gasteiger partial charge in [-0.1, -0.05) is 30.3 Å². The van der Waals surface area contributed by atoms with Crippen LogP contribution in [-0.4, -0.2) is 32.3 Å². The summed E-state index contributed by atoms with van der Waals surface area (Å²) in [6.07, 6.45) is -4.91. The van der Waals surface area contributed by atoms with E-state index in [-0.39, 0.29) is 17.0 Å². The van der Waals surface area contributed by atoms with Crippen molar-refractivity contribution in [1.82, 2.24) is 4.72 Å². The topological polar surface area (TPSA) is 105 Å². The Morgan fingerprint density at radius 2 is 1.77 bits per heavy atom. The number of benzene rings is 2. The van der Waals surface area contributed by atoms with E-state index in [1.807, 2.05) is 4.72 Å². The molecule has 1 aliphatic heterocycles. The van der Waals surface area contributed by atoms with Gasteiger partial charge < -0.3 is 5.73 Å². The van der Waals surface area contributed by atoms with Gasteiger partial charge in [-0.05, 0) is 36.8 Å². The van der Waals surface area contributed by atoms with Crippen molar-refractivity contribution in [3.8, 4) is 0 Å². The lowest BCUT2D eigenvalue weighted by Gasteiger charge is -2.24. The second-order valence-electron chi connectivity index (χ2n) is 6.77. The van der Waals surface area contributed by atoms with Gasteiger partial charge in [0.1, 0.15) is 5.71 Å². The van der Waals surface area contributed by atoms with Crippen LogP contribution in [0.25, 0.3) is 0 Å². The first-order chi connectivity index (χ1) is 14.0. The smallest absolute Gasteiger partial charge is 0.320 e. The van der Waals surface area contributed by atoms with Crippen molar-refractivity contribution in [2.24, 2.45) is 10.8 Å². The maximum absolute atomic E-state index is 13.3. The number of rotatable bonds is 5. The number of carbonyl (C=O) groups is 1. The first kappa shape index (κ1) is 21.8. The molecule has 3 N–H and O–H groups in total. The Morgan fingerprint density at radius 1 is 1.17 bits per heavy atom. The summed E-state index contributed by atoms with van der Waals surface area (Å²) in [6, 6.07) is 11.9. The van der Waals surface area contributed by atoms with Crippen molar-refractivity contribution in [1.29, 1.82) is 0 Å². The molecule has 0 spiro atoms. The predicted octanol–water partition coefficient (Wildman–Crippen LogP) is 2.71. The highest BCUT2D eigenvalue weighted by atomic mass is 32.2. The minimum Gasteiger partial charge on any atom is -0.320 e. The standard InChI is InChI=1S/C19H19F3N4O3S/c1-12(23)18(27)25-30(28,29)15-9-7-14(8-10-15)26-16(13-5-3-2-4-6-13)11-17(24-26)19(20,21)22/h2-10,12,16H,11,23H2,1H3,(H,25,27). The van der Waals surface area contributed by atoms with Crippen LogP contribution in [0.1, 0.15) is 24.9 Å². The number of alkyl halides is 3. The van der Waals surface area contributed by atoms with Crippen LogP contribution in [0.2, 0.25) is 0 Å². The van der Waals surface area contributed by atoms with E-state index >= 15 is 0 Å². The van der Waals surface area contributed by atoms with E-state index in [1.165, 1.54) is 36.2 Å². The molecule has 0 saturated heterocycles. The molecule has 2 unspecified atom stereocenters. The number of carbonyl (C=O) groups excluding carboxylic acids is 1. The number of anilines is 1. The summed E-state index contributed by atoms with van der Waals surface area (Å²) < 4.78 is 66.2. The molecule has 0 aliphatic carbocycles. The molecule has 0 bridgehead atoms. The van der Waals surface area contributed by atoms with Crippen LogP contribution < -0.4 is 15.5 Å². The number of halogens is 3. The first-order valence-electron chi connectivity index (χ1n) is 8.90. The largest absolute Gasteiger partial charge is 0.431 e. The molecule has 2 aromatic rings. The predicted molar refractivity (Wildman–Crippen MR) is 105 cm³/mol. The van der Waals surface area contributed by atoms with Gasteiger partial charge in [-0.25, -0.2) is 13.1 Å². The van der Waals surface area contributed by atoms with E-state index in [1.54, 1.807) is 30.3 Å². The number of nitrogens with zero attached hydrogens (tertiary/aromatic N) is 2. The Morgan fingerprint density at radius 3 is 2.30 bits per heavy atom. The SMILES string of the molecule is CC(N)C(=O)NS(=O)(=O)c1ccc(N2N=C(C(F)(F)F)CC2c2ccccc2)cc1. The zero-order valence-corrected chi connectivity index (χ0v) is 16.6. The summed E-state index contributed by atoms with van der Waals surface area (Å²) in [5.41, 5.74) is 5.36. The summed E-state index contributed by atoms with van der Waals surface area (Å²) in [6.45, 7) is 1.33. The average molecular weight is 440 g/mol. The molecule has 1 heterocycles. The molecule has 2 aromatic carbocycles. The van der Waals surface area contributed by atoms with Crippen molar-refractivity contribution < 1.29 is 26.4 Å². The summed E-state index contributed by atoms with van der Waals surface area (Å²) in [4.78, 5) is 11.4. The average Bonchev–Trinajstić information content (AvgIpc) is 3.14. The summed E-state index contributed by atoms with van der Waals surface area (Å²) in [5, 5.41) is 4.96. The highest BCUT2D eigenvalue weighted by molar-refractivity contribution is 7.90. The Hall–Kier alpha value is -2.92. The lowest BCUT2D eigenvalue weighted by Crippen LogP contribution is -2.41. The van der Waals surface area contributed by atoms with Gasteiger partial charge in [-0.2, -0.15) is 18.3 Å². The van der Waals surface area contributed by atoms with E-state index in [0.29, 0.717) is 5.56 Å². The van der Waals surface area contributed by atoms with Crippen LogP contribution in [0.15, 0.2) is 64.6 Å². The summed E-state index contributed by atoms with van der Waals surface area (Å²) in [7, 11) is -4.16. The monoisotopic (exact) mass is 440 g/mol. The molecule has 1 amide bonds. The van der Waals surface area contributed by atoms with Gasteiger partial charge in [0.2, 0.25) is 5.91 Å². The van der Waals surface area contributed by atoms with Crippen LogP contribution in [0.3, 0.4) is 0 Å². The van der Waals surface area contributed by atoms with Crippen LogP contribution in [0.4, 0.5) is 18.9 Å². The third kappa shape index (κ3) is 4.62. The fourth-order valence-corrected chi connectivity index (χ4v) is 3.98. The minimum atomic E-state index is -4.58. The van der Waals surface area contributed by atoms with Crippen LogP contribution in [0, 0.1) is 0 Å². The molecular weight excluding hydrogens is 421 g/mol. The van der Waals surface area contributed by atoms with Gasteiger partial charge in [-0.15, -0.1) is 0 Å². The van der Waals surface area contributed by atoms with Gasteiger partial charge in [0.15, 0.2) is 0 Å². The Kier molecular flexibility index (Phi) is 5.86. The maximum atomic E-state index is 13.3.